The Balaban J connectivity index is 3.90. The summed E-state index contributed by atoms with van der Waals surface area (Å²) in [6.45, 7) is 4.45. The van der Waals surface area contributed by atoms with E-state index in [-0.39, 0.29) is 42.6 Å². The third kappa shape index (κ3) is 4.13. The molecule has 0 unspecified atom stereocenters. The van der Waals surface area contributed by atoms with E-state index in [4.69, 9.17) is 28.4 Å². The average Bonchev–Trinajstić information content (AvgIpc) is 2.68. The van der Waals surface area contributed by atoms with E-state index in [0.717, 1.165) is 0 Å². The molecule has 0 saturated carbocycles. The minimum Gasteiger partial charge on any atom is -0.493 e. The van der Waals surface area contributed by atoms with E-state index in [2.05, 4.69) is 0 Å². The molecule has 0 aliphatic carbocycles. The Morgan fingerprint density at radius 3 is 1.32 bits per heavy atom. The summed E-state index contributed by atoms with van der Waals surface area (Å²) in [5.74, 6) is -2.87. The predicted molar refractivity (Wildman–Crippen MR) is 97.7 cm³/mol. The molecule has 9 nitrogen and oxygen atoms in total. The maximum Gasteiger partial charge on any atom is 0.339 e. The van der Waals surface area contributed by atoms with E-state index in [1.165, 1.54) is 33.5 Å². The maximum absolute atomic E-state index is 12.9. The fraction of sp³-hybridized carbons (Fsp3) is 0.526. The molecular formula is C19H26O9. The summed E-state index contributed by atoms with van der Waals surface area (Å²) in [6, 6.07) is 2.62. The van der Waals surface area contributed by atoms with Gasteiger partial charge in [-0.1, -0.05) is 0 Å². The van der Waals surface area contributed by atoms with Gasteiger partial charge in [0.2, 0.25) is 5.75 Å². The van der Waals surface area contributed by atoms with E-state index < -0.39 is 23.3 Å². The molecule has 1 aromatic carbocycles. The zero-order valence-electron chi connectivity index (χ0n) is 17.0. The van der Waals surface area contributed by atoms with Gasteiger partial charge in [-0.3, -0.25) is 0 Å². The van der Waals surface area contributed by atoms with Crippen LogP contribution in [0.4, 0.5) is 0 Å². The monoisotopic (exact) mass is 398 g/mol. The topological polar surface area (TPSA) is 107 Å². The summed E-state index contributed by atoms with van der Waals surface area (Å²) in [5, 5.41) is 0. The lowest BCUT2D eigenvalue weighted by atomic mass is 9.79. The van der Waals surface area contributed by atoms with Crippen molar-refractivity contribution in [3.8, 4) is 17.2 Å². The summed E-state index contributed by atoms with van der Waals surface area (Å²) in [5.41, 5.74) is -2.59. The highest BCUT2D eigenvalue weighted by Crippen LogP contribution is 2.43. The molecule has 0 aliphatic rings. The van der Waals surface area contributed by atoms with Crippen molar-refractivity contribution in [2.45, 2.75) is 26.2 Å². The summed E-state index contributed by atoms with van der Waals surface area (Å²) in [6.07, 6.45) is 0. The fourth-order valence-corrected chi connectivity index (χ4v) is 2.62. The van der Waals surface area contributed by atoms with Crippen LogP contribution in [-0.4, -0.2) is 59.1 Å². The second kappa shape index (κ2) is 10.4. The SMILES string of the molecule is CCOC(=O)C(C(=O)OCC)(C(=O)OCC)c1cc(OC)c(OC)c(OC)c1. The van der Waals surface area contributed by atoms with Gasteiger partial charge in [-0.2, -0.15) is 0 Å². The quantitative estimate of drug-likeness (QED) is 0.330. The lowest BCUT2D eigenvalue weighted by Crippen LogP contribution is -2.53. The van der Waals surface area contributed by atoms with Crippen molar-refractivity contribution in [1.29, 1.82) is 0 Å². The molecule has 0 N–H and O–H groups in total. The Morgan fingerprint density at radius 2 is 1.07 bits per heavy atom. The highest BCUT2D eigenvalue weighted by Gasteiger charge is 2.59. The second-order valence-corrected chi connectivity index (χ2v) is 5.33. The lowest BCUT2D eigenvalue weighted by molar-refractivity contribution is -0.175. The Hall–Kier alpha value is -2.97. The molecule has 0 amide bonds. The number of hydrogen-bond donors (Lipinski definition) is 0. The van der Waals surface area contributed by atoms with E-state index in [1.54, 1.807) is 20.8 Å². The summed E-state index contributed by atoms with van der Waals surface area (Å²) in [4.78, 5) is 38.7. The molecule has 0 fully saturated rings. The minimum atomic E-state index is -2.51. The van der Waals surface area contributed by atoms with Crippen molar-refractivity contribution in [3.05, 3.63) is 17.7 Å². The zero-order valence-corrected chi connectivity index (χ0v) is 17.0. The Morgan fingerprint density at radius 1 is 0.714 bits per heavy atom. The second-order valence-electron chi connectivity index (χ2n) is 5.33. The molecular weight excluding hydrogens is 372 g/mol. The summed E-state index contributed by atoms with van der Waals surface area (Å²) in [7, 11) is 4.12. The Bertz CT molecular complexity index is 641. The molecule has 9 heteroatoms. The standard InChI is InChI=1S/C19H26O9/c1-7-26-16(20)19(17(21)27-8-2,18(22)28-9-3)12-10-13(23-4)15(25-6)14(11-12)24-5/h10-11H,7-9H2,1-6H3. The van der Waals surface area contributed by atoms with Crippen molar-refractivity contribution in [2.75, 3.05) is 41.2 Å². The summed E-state index contributed by atoms with van der Waals surface area (Å²) < 4.78 is 30.9. The van der Waals surface area contributed by atoms with E-state index in [0.29, 0.717) is 0 Å². The van der Waals surface area contributed by atoms with E-state index in [9.17, 15) is 14.4 Å². The van der Waals surface area contributed by atoms with Crippen LogP contribution in [0.5, 0.6) is 17.2 Å². The maximum atomic E-state index is 12.9. The zero-order chi connectivity index (χ0) is 21.3. The fourth-order valence-electron chi connectivity index (χ4n) is 2.62. The molecule has 0 bridgehead atoms. The van der Waals surface area contributed by atoms with Crippen LogP contribution in [0.2, 0.25) is 0 Å². The number of carbonyl (C=O) groups is 3. The van der Waals surface area contributed by atoms with Gasteiger partial charge in [0, 0.05) is 0 Å². The Labute approximate surface area is 163 Å². The van der Waals surface area contributed by atoms with Crippen LogP contribution in [-0.2, 0) is 34.0 Å². The van der Waals surface area contributed by atoms with Crippen LogP contribution in [0.1, 0.15) is 26.3 Å². The number of ether oxygens (including phenoxy) is 6. The smallest absolute Gasteiger partial charge is 0.339 e. The third-order valence-corrected chi connectivity index (χ3v) is 3.84. The lowest BCUT2D eigenvalue weighted by Gasteiger charge is -2.28. The number of hydrogen-bond acceptors (Lipinski definition) is 9. The number of rotatable bonds is 10. The summed E-state index contributed by atoms with van der Waals surface area (Å²) >= 11 is 0. The molecule has 0 atom stereocenters. The highest BCUT2D eigenvalue weighted by atomic mass is 16.6. The highest BCUT2D eigenvalue weighted by molar-refractivity contribution is 6.24. The first-order valence-corrected chi connectivity index (χ1v) is 8.70. The van der Waals surface area contributed by atoms with Gasteiger partial charge in [0.05, 0.1) is 41.2 Å². The molecule has 28 heavy (non-hydrogen) atoms. The first-order chi connectivity index (χ1) is 13.4. The van der Waals surface area contributed by atoms with Gasteiger partial charge in [0.15, 0.2) is 11.5 Å². The molecule has 0 aliphatic heterocycles. The molecule has 0 spiro atoms. The van der Waals surface area contributed by atoms with Gasteiger partial charge in [-0.05, 0) is 38.5 Å². The van der Waals surface area contributed by atoms with Crippen molar-refractivity contribution in [1.82, 2.24) is 0 Å². The molecule has 0 heterocycles. The van der Waals surface area contributed by atoms with Crippen LogP contribution in [0.15, 0.2) is 12.1 Å². The largest absolute Gasteiger partial charge is 0.493 e. The van der Waals surface area contributed by atoms with E-state index in [1.807, 2.05) is 0 Å². The number of methoxy groups -OCH3 is 3. The Kier molecular flexibility index (Phi) is 8.56. The van der Waals surface area contributed by atoms with Gasteiger partial charge >= 0.3 is 17.9 Å². The third-order valence-electron chi connectivity index (χ3n) is 3.84. The average molecular weight is 398 g/mol. The molecule has 0 aromatic heterocycles. The first-order valence-electron chi connectivity index (χ1n) is 8.70. The number of esters is 3. The number of carbonyl (C=O) groups excluding carboxylic acids is 3. The number of benzene rings is 1. The van der Waals surface area contributed by atoms with Crippen molar-refractivity contribution in [2.24, 2.45) is 0 Å². The van der Waals surface area contributed by atoms with Gasteiger partial charge in [-0.25, -0.2) is 14.4 Å². The van der Waals surface area contributed by atoms with Crippen LogP contribution in [0, 0.1) is 0 Å². The van der Waals surface area contributed by atoms with Gasteiger partial charge in [0.1, 0.15) is 0 Å². The van der Waals surface area contributed by atoms with Crippen molar-refractivity contribution in [3.63, 3.8) is 0 Å². The normalized spacial score (nSPS) is 10.6. The van der Waals surface area contributed by atoms with Gasteiger partial charge < -0.3 is 28.4 Å². The van der Waals surface area contributed by atoms with E-state index >= 15 is 0 Å². The van der Waals surface area contributed by atoms with Crippen LogP contribution in [0.25, 0.3) is 0 Å². The van der Waals surface area contributed by atoms with Gasteiger partial charge in [0.25, 0.3) is 5.41 Å². The molecule has 0 radical (unpaired) electrons. The molecule has 156 valence electrons. The molecule has 1 aromatic rings. The molecule has 0 saturated heterocycles. The van der Waals surface area contributed by atoms with Crippen LogP contribution >= 0.6 is 0 Å². The molecule has 1 rings (SSSR count). The first kappa shape index (κ1) is 23.1. The predicted octanol–water partition coefficient (Wildman–Crippen LogP) is 1.64. The van der Waals surface area contributed by atoms with Crippen molar-refractivity contribution >= 4 is 17.9 Å². The van der Waals surface area contributed by atoms with Crippen molar-refractivity contribution < 1.29 is 42.8 Å². The minimum absolute atomic E-state index is 0.0657. The van der Waals surface area contributed by atoms with Crippen LogP contribution in [0.3, 0.4) is 0 Å². The van der Waals surface area contributed by atoms with Gasteiger partial charge in [-0.15, -0.1) is 0 Å². The van der Waals surface area contributed by atoms with Crippen LogP contribution < -0.4 is 14.2 Å².